The smallest absolute Gasteiger partial charge is 0.121 e. The van der Waals surface area contributed by atoms with E-state index in [1.54, 1.807) is 6.07 Å². The van der Waals surface area contributed by atoms with Crippen LogP contribution in [-0.2, 0) is 6.54 Å². The molecule has 3 heteroatoms. The van der Waals surface area contributed by atoms with E-state index in [1.165, 1.54) is 0 Å². The number of ether oxygens (including phenoxy) is 1. The summed E-state index contributed by atoms with van der Waals surface area (Å²) in [5.41, 5.74) is 1.86. The van der Waals surface area contributed by atoms with Crippen LogP contribution in [0.25, 0.3) is 0 Å². The molecule has 0 saturated heterocycles. The quantitative estimate of drug-likeness (QED) is 0.827. The minimum absolute atomic E-state index is 0.313. The van der Waals surface area contributed by atoms with Crippen LogP contribution in [0.2, 0.25) is 0 Å². The van der Waals surface area contributed by atoms with Gasteiger partial charge in [0.1, 0.15) is 11.5 Å². The Morgan fingerprint density at radius 2 is 1.95 bits per heavy atom. The molecule has 2 aromatic carbocycles. The molecule has 19 heavy (non-hydrogen) atoms. The maximum atomic E-state index is 9.69. The molecular weight excluding hydrogens is 238 g/mol. The summed E-state index contributed by atoms with van der Waals surface area (Å²) in [5, 5.41) is 13.0. The monoisotopic (exact) mass is 257 g/mol. The molecule has 2 aromatic rings. The molecule has 0 fully saturated rings. The van der Waals surface area contributed by atoms with Crippen molar-refractivity contribution in [1.82, 2.24) is 0 Å². The van der Waals surface area contributed by atoms with Gasteiger partial charge in [-0.15, -0.1) is 0 Å². The number of para-hydroxylation sites is 1. The van der Waals surface area contributed by atoms with Gasteiger partial charge in [-0.05, 0) is 24.6 Å². The largest absolute Gasteiger partial charge is 0.508 e. The maximum absolute atomic E-state index is 9.69. The number of phenolic OH excluding ortho intramolecular Hbond substituents is 1. The zero-order valence-electron chi connectivity index (χ0n) is 11.1. The van der Waals surface area contributed by atoms with Crippen molar-refractivity contribution in [3.8, 4) is 11.5 Å². The second-order valence-electron chi connectivity index (χ2n) is 4.36. The molecule has 0 bridgehead atoms. The third-order valence-corrected chi connectivity index (χ3v) is 2.78. The Labute approximate surface area is 113 Å². The van der Waals surface area contributed by atoms with E-state index in [4.69, 9.17) is 4.74 Å². The SMILES string of the molecule is CCCOc1cccc(NCc2ccccc2O)c1. The lowest BCUT2D eigenvalue weighted by atomic mass is 10.2. The number of nitrogens with one attached hydrogen (secondary N) is 1. The number of anilines is 1. The first kappa shape index (κ1) is 13.3. The lowest BCUT2D eigenvalue weighted by Crippen LogP contribution is -2.00. The van der Waals surface area contributed by atoms with E-state index in [0.29, 0.717) is 12.3 Å². The number of benzene rings is 2. The molecule has 100 valence electrons. The molecule has 0 saturated carbocycles. The molecule has 2 N–H and O–H groups in total. The van der Waals surface area contributed by atoms with Crippen LogP contribution < -0.4 is 10.1 Å². The van der Waals surface area contributed by atoms with E-state index in [0.717, 1.165) is 30.0 Å². The van der Waals surface area contributed by atoms with Crippen LogP contribution in [0.15, 0.2) is 48.5 Å². The fourth-order valence-corrected chi connectivity index (χ4v) is 1.77. The summed E-state index contributed by atoms with van der Waals surface area (Å²) in [6.45, 7) is 3.40. The van der Waals surface area contributed by atoms with Crippen LogP contribution in [0.4, 0.5) is 5.69 Å². The Kier molecular flexibility index (Phi) is 4.67. The Balaban J connectivity index is 1.98. The summed E-state index contributed by atoms with van der Waals surface area (Å²) in [4.78, 5) is 0. The van der Waals surface area contributed by atoms with Gasteiger partial charge in [0.2, 0.25) is 0 Å². The standard InChI is InChI=1S/C16H19NO2/c1-2-10-19-15-8-5-7-14(11-15)17-12-13-6-3-4-9-16(13)18/h3-9,11,17-18H,2,10,12H2,1H3. The average Bonchev–Trinajstić information content (AvgIpc) is 2.45. The molecule has 0 amide bonds. The van der Waals surface area contributed by atoms with E-state index >= 15 is 0 Å². The van der Waals surface area contributed by atoms with Crippen molar-refractivity contribution < 1.29 is 9.84 Å². The Morgan fingerprint density at radius 3 is 2.74 bits per heavy atom. The van der Waals surface area contributed by atoms with Gasteiger partial charge < -0.3 is 15.2 Å². The van der Waals surface area contributed by atoms with Gasteiger partial charge in [0.05, 0.1) is 6.61 Å². The average molecular weight is 257 g/mol. The number of hydrogen-bond acceptors (Lipinski definition) is 3. The molecular formula is C16H19NO2. The van der Waals surface area contributed by atoms with Crippen molar-refractivity contribution in [1.29, 1.82) is 0 Å². The molecule has 0 aliphatic rings. The predicted octanol–water partition coefficient (Wildman–Crippen LogP) is 3.79. The topological polar surface area (TPSA) is 41.5 Å². The van der Waals surface area contributed by atoms with Gasteiger partial charge in [-0.1, -0.05) is 31.2 Å². The fourth-order valence-electron chi connectivity index (χ4n) is 1.77. The van der Waals surface area contributed by atoms with Crippen LogP contribution >= 0.6 is 0 Å². The Bertz CT molecular complexity index is 526. The second kappa shape index (κ2) is 6.69. The van der Waals surface area contributed by atoms with Crippen molar-refractivity contribution in [2.75, 3.05) is 11.9 Å². The third kappa shape index (κ3) is 3.91. The molecule has 0 heterocycles. The highest BCUT2D eigenvalue weighted by molar-refractivity contribution is 5.49. The summed E-state index contributed by atoms with van der Waals surface area (Å²) in [6, 6.07) is 15.2. The number of hydrogen-bond donors (Lipinski definition) is 2. The Morgan fingerprint density at radius 1 is 1.11 bits per heavy atom. The molecule has 2 rings (SSSR count). The highest BCUT2D eigenvalue weighted by Gasteiger charge is 2.00. The predicted molar refractivity (Wildman–Crippen MR) is 77.7 cm³/mol. The zero-order valence-corrected chi connectivity index (χ0v) is 11.1. The van der Waals surface area contributed by atoms with Crippen molar-refractivity contribution >= 4 is 5.69 Å². The van der Waals surface area contributed by atoms with E-state index < -0.39 is 0 Å². The van der Waals surface area contributed by atoms with Gasteiger partial charge in [-0.25, -0.2) is 0 Å². The molecule has 0 aliphatic heterocycles. The van der Waals surface area contributed by atoms with Gasteiger partial charge in [0, 0.05) is 23.9 Å². The summed E-state index contributed by atoms with van der Waals surface area (Å²) >= 11 is 0. The highest BCUT2D eigenvalue weighted by atomic mass is 16.5. The minimum Gasteiger partial charge on any atom is -0.508 e. The summed E-state index contributed by atoms with van der Waals surface area (Å²) in [6.07, 6.45) is 0.996. The van der Waals surface area contributed by atoms with Crippen molar-refractivity contribution in [2.24, 2.45) is 0 Å². The normalized spacial score (nSPS) is 10.2. The number of aromatic hydroxyl groups is 1. The molecule has 0 aromatic heterocycles. The number of rotatable bonds is 6. The van der Waals surface area contributed by atoms with E-state index in [9.17, 15) is 5.11 Å². The van der Waals surface area contributed by atoms with Crippen LogP contribution in [-0.4, -0.2) is 11.7 Å². The van der Waals surface area contributed by atoms with Gasteiger partial charge in [-0.2, -0.15) is 0 Å². The summed E-state index contributed by atoms with van der Waals surface area (Å²) in [5.74, 6) is 1.18. The van der Waals surface area contributed by atoms with E-state index in [2.05, 4.69) is 12.2 Å². The molecule has 0 aliphatic carbocycles. The molecule has 0 spiro atoms. The fraction of sp³-hybridized carbons (Fsp3) is 0.250. The second-order valence-corrected chi connectivity index (χ2v) is 4.36. The molecule has 0 radical (unpaired) electrons. The molecule has 3 nitrogen and oxygen atoms in total. The van der Waals surface area contributed by atoms with Crippen molar-refractivity contribution in [2.45, 2.75) is 19.9 Å². The van der Waals surface area contributed by atoms with Crippen LogP contribution in [0.5, 0.6) is 11.5 Å². The van der Waals surface area contributed by atoms with Gasteiger partial charge in [0.25, 0.3) is 0 Å². The highest BCUT2D eigenvalue weighted by Crippen LogP contribution is 2.20. The molecule has 0 atom stereocenters. The van der Waals surface area contributed by atoms with Crippen LogP contribution in [0.1, 0.15) is 18.9 Å². The zero-order chi connectivity index (χ0) is 13.5. The van der Waals surface area contributed by atoms with Crippen LogP contribution in [0.3, 0.4) is 0 Å². The number of phenols is 1. The van der Waals surface area contributed by atoms with Gasteiger partial charge in [-0.3, -0.25) is 0 Å². The maximum Gasteiger partial charge on any atom is 0.121 e. The first-order valence-corrected chi connectivity index (χ1v) is 6.53. The minimum atomic E-state index is 0.313. The van der Waals surface area contributed by atoms with Gasteiger partial charge >= 0.3 is 0 Å². The van der Waals surface area contributed by atoms with Crippen LogP contribution in [0, 0.1) is 0 Å². The summed E-state index contributed by atoms with van der Waals surface area (Å²) < 4.78 is 5.58. The first-order chi connectivity index (χ1) is 9.29. The lowest BCUT2D eigenvalue weighted by molar-refractivity contribution is 0.317. The Hall–Kier alpha value is -2.16. The molecule has 0 unspecified atom stereocenters. The summed E-state index contributed by atoms with van der Waals surface area (Å²) in [7, 11) is 0. The van der Waals surface area contributed by atoms with Crippen molar-refractivity contribution in [3.05, 3.63) is 54.1 Å². The lowest BCUT2D eigenvalue weighted by Gasteiger charge is -2.10. The first-order valence-electron chi connectivity index (χ1n) is 6.53. The van der Waals surface area contributed by atoms with Crippen molar-refractivity contribution in [3.63, 3.8) is 0 Å². The third-order valence-electron chi connectivity index (χ3n) is 2.78. The van der Waals surface area contributed by atoms with E-state index in [1.807, 2.05) is 42.5 Å². The van der Waals surface area contributed by atoms with Gasteiger partial charge in [0.15, 0.2) is 0 Å². The van der Waals surface area contributed by atoms with E-state index in [-0.39, 0.29) is 0 Å².